The topological polar surface area (TPSA) is 59.8 Å². The van der Waals surface area contributed by atoms with Crippen LogP contribution in [0.3, 0.4) is 0 Å². The number of carbonyl (C=O) groups is 1. The zero-order chi connectivity index (χ0) is 21.3. The molecule has 0 radical (unpaired) electrons. The van der Waals surface area contributed by atoms with Crippen LogP contribution in [-0.2, 0) is 11.2 Å². The molecule has 152 valence electrons. The van der Waals surface area contributed by atoms with E-state index in [0.29, 0.717) is 29.5 Å². The number of benzene rings is 2. The number of rotatable bonds is 5. The quantitative estimate of drug-likeness (QED) is 0.460. The third kappa shape index (κ3) is 4.21. The molecule has 2 aromatic heterocycles. The highest BCUT2D eigenvalue weighted by Gasteiger charge is 2.14. The summed E-state index contributed by atoms with van der Waals surface area (Å²) < 4.78 is 1.70. The molecule has 0 aliphatic rings. The second kappa shape index (κ2) is 8.28. The van der Waals surface area contributed by atoms with E-state index in [2.05, 4.69) is 23.4 Å². The lowest BCUT2D eigenvalue weighted by atomic mass is 10.1. The molecule has 0 aliphatic carbocycles. The molecular formula is C24H23ClN4O. The van der Waals surface area contributed by atoms with Crippen molar-refractivity contribution in [2.75, 3.05) is 5.32 Å². The number of pyridine rings is 1. The van der Waals surface area contributed by atoms with Gasteiger partial charge in [-0.05, 0) is 62.1 Å². The fraction of sp³-hybridized carbons (Fsp3) is 0.208. The van der Waals surface area contributed by atoms with Crippen molar-refractivity contribution in [1.82, 2.24) is 14.8 Å². The molecule has 0 spiro atoms. The Labute approximate surface area is 180 Å². The number of nitrogens with one attached hydrogen (secondary N) is 1. The molecule has 0 aliphatic heterocycles. The summed E-state index contributed by atoms with van der Waals surface area (Å²) >= 11 is 5.92. The number of nitrogens with zero attached hydrogens (tertiary/aromatic N) is 3. The van der Waals surface area contributed by atoms with Crippen LogP contribution >= 0.6 is 11.6 Å². The minimum absolute atomic E-state index is 0.0696. The number of anilines is 1. The molecule has 4 aromatic rings. The lowest BCUT2D eigenvalue weighted by molar-refractivity contribution is -0.116. The van der Waals surface area contributed by atoms with Gasteiger partial charge in [-0.3, -0.25) is 4.79 Å². The number of amides is 1. The second-order valence-electron chi connectivity index (χ2n) is 7.53. The fourth-order valence-corrected chi connectivity index (χ4v) is 3.66. The van der Waals surface area contributed by atoms with Gasteiger partial charge in [0, 0.05) is 22.9 Å². The summed E-state index contributed by atoms with van der Waals surface area (Å²) in [7, 11) is 0. The highest BCUT2D eigenvalue weighted by Crippen LogP contribution is 2.24. The molecule has 0 saturated carbocycles. The van der Waals surface area contributed by atoms with Crippen LogP contribution in [0.5, 0.6) is 0 Å². The third-order valence-electron chi connectivity index (χ3n) is 5.10. The van der Waals surface area contributed by atoms with Gasteiger partial charge in [0.25, 0.3) is 0 Å². The lowest BCUT2D eigenvalue weighted by Crippen LogP contribution is -2.16. The molecule has 2 heterocycles. The molecule has 6 heteroatoms. The number of carbonyl (C=O) groups excluding carboxylic acids is 1. The van der Waals surface area contributed by atoms with Crippen LogP contribution in [0.4, 0.5) is 5.82 Å². The minimum Gasteiger partial charge on any atom is -0.311 e. The summed E-state index contributed by atoms with van der Waals surface area (Å²) in [5, 5.41) is 9.37. The van der Waals surface area contributed by atoms with Crippen molar-refractivity contribution in [3.05, 3.63) is 82.0 Å². The fourth-order valence-electron chi connectivity index (χ4n) is 3.53. The van der Waals surface area contributed by atoms with Crippen LogP contribution in [0, 0.1) is 20.8 Å². The summed E-state index contributed by atoms with van der Waals surface area (Å²) in [5.74, 6) is 1.24. The van der Waals surface area contributed by atoms with Gasteiger partial charge in [-0.15, -0.1) is 0 Å². The van der Waals surface area contributed by atoms with E-state index in [1.165, 1.54) is 0 Å². The highest BCUT2D eigenvalue weighted by molar-refractivity contribution is 6.30. The molecule has 1 amide bonds. The van der Waals surface area contributed by atoms with Crippen molar-refractivity contribution in [3.8, 4) is 5.82 Å². The Balaban J connectivity index is 1.58. The van der Waals surface area contributed by atoms with Crippen molar-refractivity contribution in [1.29, 1.82) is 0 Å². The first-order chi connectivity index (χ1) is 14.4. The molecule has 5 nitrogen and oxygen atoms in total. The summed E-state index contributed by atoms with van der Waals surface area (Å²) in [6.07, 6.45) is 1.01. The van der Waals surface area contributed by atoms with E-state index < -0.39 is 0 Å². The Morgan fingerprint density at radius 1 is 1.03 bits per heavy atom. The van der Waals surface area contributed by atoms with Gasteiger partial charge in [0.15, 0.2) is 5.82 Å². The molecule has 0 atom stereocenters. The van der Waals surface area contributed by atoms with E-state index in [1.807, 2.05) is 62.4 Å². The number of hydrogen-bond donors (Lipinski definition) is 1. The van der Waals surface area contributed by atoms with Gasteiger partial charge in [0.2, 0.25) is 5.91 Å². The van der Waals surface area contributed by atoms with Gasteiger partial charge in [-0.1, -0.05) is 41.9 Å². The van der Waals surface area contributed by atoms with Gasteiger partial charge < -0.3 is 5.32 Å². The number of halogens is 1. The number of aryl methyl sites for hydroxylation is 4. The zero-order valence-electron chi connectivity index (χ0n) is 17.2. The van der Waals surface area contributed by atoms with E-state index in [4.69, 9.17) is 16.6 Å². The smallest absolute Gasteiger partial charge is 0.225 e. The Hall–Kier alpha value is -3.18. The lowest BCUT2D eigenvalue weighted by Gasteiger charge is -2.12. The molecule has 30 heavy (non-hydrogen) atoms. The van der Waals surface area contributed by atoms with E-state index in [-0.39, 0.29) is 5.91 Å². The molecular weight excluding hydrogens is 396 g/mol. The Kier molecular flexibility index (Phi) is 5.55. The SMILES string of the molecule is Cc1cc(NC(=O)CCc2ccc(Cl)cc2)n(-c2cc(C)c3cccc(C)c3n2)n1. The maximum atomic E-state index is 12.6. The van der Waals surface area contributed by atoms with Crippen LogP contribution in [-0.4, -0.2) is 20.7 Å². The standard InChI is InChI=1S/C24H23ClN4O/c1-15-5-4-6-20-16(2)13-21(27-24(15)20)29-22(14-17(3)28-29)26-23(30)12-9-18-7-10-19(25)11-8-18/h4-8,10-11,13-14H,9,12H2,1-3H3,(H,26,30). The van der Waals surface area contributed by atoms with Gasteiger partial charge in [0.05, 0.1) is 11.2 Å². The van der Waals surface area contributed by atoms with E-state index in [0.717, 1.165) is 33.3 Å². The van der Waals surface area contributed by atoms with Crippen LogP contribution < -0.4 is 5.32 Å². The first-order valence-electron chi connectivity index (χ1n) is 9.89. The number of fused-ring (bicyclic) bond motifs is 1. The largest absolute Gasteiger partial charge is 0.311 e. The number of para-hydroxylation sites is 1. The Morgan fingerprint density at radius 2 is 1.80 bits per heavy atom. The van der Waals surface area contributed by atoms with Gasteiger partial charge in [-0.25, -0.2) is 4.98 Å². The van der Waals surface area contributed by atoms with Crippen LogP contribution in [0.15, 0.2) is 54.6 Å². The van der Waals surface area contributed by atoms with Crippen LogP contribution in [0.25, 0.3) is 16.7 Å². The monoisotopic (exact) mass is 418 g/mol. The third-order valence-corrected chi connectivity index (χ3v) is 5.36. The predicted molar refractivity (Wildman–Crippen MR) is 121 cm³/mol. The van der Waals surface area contributed by atoms with Gasteiger partial charge in [-0.2, -0.15) is 9.78 Å². The van der Waals surface area contributed by atoms with Crippen molar-refractivity contribution in [2.24, 2.45) is 0 Å². The average molecular weight is 419 g/mol. The molecule has 0 fully saturated rings. The van der Waals surface area contributed by atoms with E-state index in [9.17, 15) is 4.79 Å². The molecule has 2 aromatic carbocycles. The Morgan fingerprint density at radius 3 is 2.57 bits per heavy atom. The predicted octanol–water partition coefficient (Wildman–Crippen LogP) is 5.57. The maximum Gasteiger partial charge on any atom is 0.225 e. The van der Waals surface area contributed by atoms with Crippen molar-refractivity contribution >= 4 is 34.2 Å². The average Bonchev–Trinajstić information content (AvgIpc) is 3.08. The maximum absolute atomic E-state index is 12.6. The summed E-state index contributed by atoms with van der Waals surface area (Å²) in [6.45, 7) is 6.01. The van der Waals surface area contributed by atoms with Gasteiger partial charge in [0.1, 0.15) is 5.82 Å². The first kappa shape index (κ1) is 20.1. The molecule has 0 unspecified atom stereocenters. The van der Waals surface area contributed by atoms with Crippen LogP contribution in [0.2, 0.25) is 5.02 Å². The Bertz CT molecular complexity index is 1230. The second-order valence-corrected chi connectivity index (χ2v) is 7.96. The number of hydrogen-bond acceptors (Lipinski definition) is 3. The van der Waals surface area contributed by atoms with Crippen molar-refractivity contribution in [2.45, 2.75) is 33.6 Å². The summed E-state index contributed by atoms with van der Waals surface area (Å²) in [4.78, 5) is 17.4. The zero-order valence-corrected chi connectivity index (χ0v) is 18.0. The van der Waals surface area contributed by atoms with Crippen molar-refractivity contribution in [3.63, 3.8) is 0 Å². The molecule has 0 bridgehead atoms. The molecule has 1 N–H and O–H groups in total. The van der Waals surface area contributed by atoms with Crippen LogP contribution in [0.1, 0.15) is 28.8 Å². The first-order valence-corrected chi connectivity index (χ1v) is 10.3. The highest BCUT2D eigenvalue weighted by atomic mass is 35.5. The van der Waals surface area contributed by atoms with E-state index >= 15 is 0 Å². The number of aromatic nitrogens is 3. The normalized spacial score (nSPS) is 11.1. The van der Waals surface area contributed by atoms with Crippen molar-refractivity contribution < 1.29 is 4.79 Å². The summed E-state index contributed by atoms with van der Waals surface area (Å²) in [6, 6.07) is 17.6. The van der Waals surface area contributed by atoms with E-state index in [1.54, 1.807) is 4.68 Å². The molecule has 4 rings (SSSR count). The minimum atomic E-state index is -0.0696. The summed E-state index contributed by atoms with van der Waals surface area (Å²) in [5.41, 5.74) is 5.05. The van der Waals surface area contributed by atoms with Gasteiger partial charge >= 0.3 is 0 Å². The molecule has 0 saturated heterocycles.